The lowest BCUT2D eigenvalue weighted by molar-refractivity contribution is -0.137. The Kier molecular flexibility index (Phi) is 5.64. The number of likely N-dealkylation sites (tertiary alicyclic amines) is 1. The second-order valence-corrected chi connectivity index (χ2v) is 8.57. The van der Waals surface area contributed by atoms with Crippen molar-refractivity contribution >= 4 is 21.7 Å². The molecule has 24 heavy (non-hydrogen) atoms. The predicted octanol–water partition coefficient (Wildman–Crippen LogP) is 1.75. The molecule has 1 amide bonds. The highest BCUT2D eigenvalue weighted by Gasteiger charge is 2.26. The molecule has 1 saturated heterocycles. The molecule has 1 aromatic rings. The predicted molar refractivity (Wildman–Crippen MR) is 89.4 cm³/mol. The van der Waals surface area contributed by atoms with Crippen LogP contribution in [0.3, 0.4) is 0 Å². The third-order valence-corrected chi connectivity index (χ3v) is 5.21. The molecule has 1 aliphatic rings. The molecule has 7 heteroatoms. The molecule has 0 aliphatic carbocycles. The van der Waals surface area contributed by atoms with Gasteiger partial charge in [0, 0.05) is 19.3 Å². The Hall–Kier alpha value is -1.89. The maximum Gasteiger partial charge on any atom is 0.339 e. The van der Waals surface area contributed by atoms with E-state index in [0.29, 0.717) is 24.9 Å². The van der Waals surface area contributed by atoms with Crippen molar-refractivity contribution in [1.82, 2.24) is 4.90 Å². The zero-order valence-electron chi connectivity index (χ0n) is 14.2. The number of sulfone groups is 1. The van der Waals surface area contributed by atoms with E-state index in [0.717, 1.165) is 12.7 Å². The van der Waals surface area contributed by atoms with E-state index < -0.39 is 15.8 Å². The highest BCUT2D eigenvalue weighted by molar-refractivity contribution is 7.90. The Morgan fingerprint density at radius 1 is 1.17 bits per heavy atom. The van der Waals surface area contributed by atoms with Gasteiger partial charge in [-0.1, -0.05) is 26.0 Å². The molecule has 0 unspecified atom stereocenters. The van der Waals surface area contributed by atoms with Gasteiger partial charge in [-0.15, -0.1) is 0 Å². The van der Waals surface area contributed by atoms with Gasteiger partial charge in [-0.25, -0.2) is 13.2 Å². The lowest BCUT2D eigenvalue weighted by Gasteiger charge is -2.34. The summed E-state index contributed by atoms with van der Waals surface area (Å²) in [6.07, 6.45) is 2.10. The number of benzene rings is 1. The maximum absolute atomic E-state index is 12.2. The van der Waals surface area contributed by atoms with Gasteiger partial charge in [0.2, 0.25) is 0 Å². The monoisotopic (exact) mass is 353 g/mol. The van der Waals surface area contributed by atoms with E-state index in [-0.39, 0.29) is 23.0 Å². The Morgan fingerprint density at radius 2 is 1.75 bits per heavy atom. The first kappa shape index (κ1) is 18.4. The van der Waals surface area contributed by atoms with Gasteiger partial charge in [0.05, 0.1) is 10.5 Å². The molecule has 0 saturated carbocycles. The smallest absolute Gasteiger partial charge is 0.339 e. The summed E-state index contributed by atoms with van der Waals surface area (Å²) in [6, 6.07) is 5.83. The van der Waals surface area contributed by atoms with E-state index in [4.69, 9.17) is 4.74 Å². The van der Waals surface area contributed by atoms with Crippen molar-refractivity contribution in [2.24, 2.45) is 11.8 Å². The van der Waals surface area contributed by atoms with E-state index in [1.54, 1.807) is 11.0 Å². The quantitative estimate of drug-likeness (QED) is 0.771. The number of ether oxygens (including phenoxy) is 1. The van der Waals surface area contributed by atoms with E-state index in [2.05, 4.69) is 13.8 Å². The molecule has 1 aromatic carbocycles. The highest BCUT2D eigenvalue weighted by Crippen LogP contribution is 2.21. The van der Waals surface area contributed by atoms with Crippen LogP contribution in [-0.4, -0.2) is 51.1 Å². The van der Waals surface area contributed by atoms with E-state index >= 15 is 0 Å². The number of esters is 1. The molecule has 1 aliphatic heterocycles. The van der Waals surface area contributed by atoms with Gasteiger partial charge in [-0.3, -0.25) is 4.79 Å². The van der Waals surface area contributed by atoms with Crippen LogP contribution < -0.4 is 0 Å². The van der Waals surface area contributed by atoms with Crippen LogP contribution in [0.15, 0.2) is 29.2 Å². The van der Waals surface area contributed by atoms with Crippen LogP contribution in [0.2, 0.25) is 0 Å². The molecule has 132 valence electrons. The topological polar surface area (TPSA) is 80.8 Å². The minimum absolute atomic E-state index is 0.0480. The number of rotatable bonds is 4. The second-order valence-electron chi connectivity index (χ2n) is 6.59. The summed E-state index contributed by atoms with van der Waals surface area (Å²) in [5.74, 6) is -0.222. The van der Waals surface area contributed by atoms with Crippen LogP contribution >= 0.6 is 0 Å². The lowest BCUT2D eigenvalue weighted by Crippen LogP contribution is -2.44. The molecule has 0 spiro atoms. The fraction of sp³-hybridized carbons (Fsp3) is 0.529. The molecule has 0 radical (unpaired) electrons. The van der Waals surface area contributed by atoms with Gasteiger partial charge in [0.15, 0.2) is 16.4 Å². The summed E-state index contributed by atoms with van der Waals surface area (Å²) in [7, 11) is -3.55. The second kappa shape index (κ2) is 7.34. The summed E-state index contributed by atoms with van der Waals surface area (Å²) in [5.41, 5.74) is -0.0480. The fourth-order valence-electron chi connectivity index (χ4n) is 3.12. The van der Waals surface area contributed by atoms with Crippen molar-refractivity contribution in [3.05, 3.63) is 29.8 Å². The number of hydrogen-bond acceptors (Lipinski definition) is 5. The molecular weight excluding hydrogens is 330 g/mol. The van der Waals surface area contributed by atoms with Crippen LogP contribution in [0.25, 0.3) is 0 Å². The molecular formula is C17H23NO5S. The van der Waals surface area contributed by atoms with Crippen LogP contribution in [0, 0.1) is 11.8 Å². The number of amides is 1. The van der Waals surface area contributed by atoms with Gasteiger partial charge < -0.3 is 9.64 Å². The van der Waals surface area contributed by atoms with Crippen LogP contribution in [0.5, 0.6) is 0 Å². The van der Waals surface area contributed by atoms with Crippen LogP contribution in [0.4, 0.5) is 0 Å². The van der Waals surface area contributed by atoms with Crippen molar-refractivity contribution in [1.29, 1.82) is 0 Å². The van der Waals surface area contributed by atoms with Crippen molar-refractivity contribution < 1.29 is 22.7 Å². The van der Waals surface area contributed by atoms with Gasteiger partial charge in [0.25, 0.3) is 5.91 Å². The van der Waals surface area contributed by atoms with Gasteiger partial charge >= 0.3 is 5.97 Å². The Bertz CT molecular complexity index is 718. The molecule has 0 aromatic heterocycles. The molecule has 2 atom stereocenters. The molecule has 1 heterocycles. The zero-order valence-corrected chi connectivity index (χ0v) is 15.0. The molecule has 1 fully saturated rings. The van der Waals surface area contributed by atoms with Crippen LogP contribution in [-0.2, 0) is 19.4 Å². The summed E-state index contributed by atoms with van der Waals surface area (Å²) >= 11 is 0. The molecule has 0 bridgehead atoms. The first-order chi connectivity index (χ1) is 11.2. The van der Waals surface area contributed by atoms with E-state index in [9.17, 15) is 18.0 Å². The number of carbonyl (C=O) groups is 2. The maximum atomic E-state index is 12.2. The molecule has 2 rings (SSSR count). The van der Waals surface area contributed by atoms with Gasteiger partial charge in [0.1, 0.15) is 0 Å². The summed E-state index contributed by atoms with van der Waals surface area (Å²) in [5, 5.41) is 0. The normalized spacial score (nSPS) is 21.4. The molecule has 6 nitrogen and oxygen atoms in total. The summed E-state index contributed by atoms with van der Waals surface area (Å²) in [6.45, 7) is 5.10. The Morgan fingerprint density at radius 3 is 2.33 bits per heavy atom. The zero-order chi connectivity index (χ0) is 17.9. The number of nitrogens with zero attached hydrogens (tertiary/aromatic N) is 1. The summed E-state index contributed by atoms with van der Waals surface area (Å²) in [4.78, 5) is 26.0. The minimum Gasteiger partial charge on any atom is -0.452 e. The third-order valence-electron chi connectivity index (χ3n) is 4.05. The minimum atomic E-state index is -3.55. The third kappa shape index (κ3) is 4.56. The van der Waals surface area contributed by atoms with Crippen molar-refractivity contribution in [2.75, 3.05) is 26.0 Å². The molecule has 0 N–H and O–H groups in total. The first-order valence-corrected chi connectivity index (χ1v) is 9.81. The van der Waals surface area contributed by atoms with Gasteiger partial charge in [-0.05, 0) is 30.4 Å². The Balaban J connectivity index is 2.03. The number of hydrogen-bond donors (Lipinski definition) is 0. The van der Waals surface area contributed by atoms with Crippen molar-refractivity contribution in [3.8, 4) is 0 Å². The van der Waals surface area contributed by atoms with Crippen molar-refractivity contribution in [2.45, 2.75) is 25.2 Å². The average molecular weight is 353 g/mol. The number of carbonyl (C=O) groups excluding carboxylic acids is 2. The van der Waals surface area contributed by atoms with Crippen molar-refractivity contribution in [3.63, 3.8) is 0 Å². The number of piperidine rings is 1. The highest BCUT2D eigenvalue weighted by atomic mass is 32.2. The SMILES string of the molecule is C[C@@H]1C[C@@H](C)CN(C(=O)COC(=O)c2ccccc2S(C)(=O)=O)C1. The average Bonchev–Trinajstić information content (AvgIpc) is 2.50. The fourth-order valence-corrected chi connectivity index (χ4v) is 4.00. The van der Waals surface area contributed by atoms with E-state index in [1.165, 1.54) is 18.2 Å². The van der Waals surface area contributed by atoms with Gasteiger partial charge in [-0.2, -0.15) is 0 Å². The lowest BCUT2D eigenvalue weighted by atomic mass is 9.92. The summed E-state index contributed by atoms with van der Waals surface area (Å²) < 4.78 is 28.5. The Labute approximate surface area is 142 Å². The largest absolute Gasteiger partial charge is 0.452 e. The van der Waals surface area contributed by atoms with E-state index in [1.807, 2.05) is 0 Å². The standard InChI is InChI=1S/C17H23NO5S/c1-12-8-13(2)10-18(9-12)16(19)11-23-17(20)14-6-4-5-7-15(14)24(3,21)22/h4-7,12-13H,8-11H2,1-3H3/t12-,13-/m1/s1. The van der Waals surface area contributed by atoms with Crippen LogP contribution in [0.1, 0.15) is 30.6 Å². The first-order valence-electron chi connectivity index (χ1n) is 7.92.